The van der Waals surface area contributed by atoms with Crippen molar-refractivity contribution < 1.29 is 0 Å². The maximum Gasteiger partial charge on any atom is 0.232 e. The third-order valence-electron chi connectivity index (χ3n) is 6.11. The molecule has 2 aromatic rings. The maximum atomic E-state index is 5.58. The summed E-state index contributed by atoms with van der Waals surface area (Å²) in [5.41, 5.74) is 1.19. The van der Waals surface area contributed by atoms with Gasteiger partial charge in [0.15, 0.2) is 5.11 Å². The molecule has 2 saturated heterocycles. The van der Waals surface area contributed by atoms with Crippen LogP contribution in [-0.2, 0) is 0 Å². The first-order chi connectivity index (χ1) is 14.6. The van der Waals surface area contributed by atoms with E-state index in [2.05, 4.69) is 52.5 Å². The molecule has 0 amide bonds. The van der Waals surface area contributed by atoms with Crippen LogP contribution in [0.4, 0.5) is 17.6 Å². The highest BCUT2D eigenvalue weighted by atomic mass is 32.1. The van der Waals surface area contributed by atoms with Gasteiger partial charge in [0, 0.05) is 32.2 Å². The SMILES string of the molecule is CC1CCN(c2cc(N3CCCC3)nc(NC(=S)N[C@H](C)c3ccccc3)n2)CC1. The average molecular weight is 425 g/mol. The van der Waals surface area contributed by atoms with Gasteiger partial charge in [0.25, 0.3) is 0 Å². The van der Waals surface area contributed by atoms with Crippen molar-refractivity contribution in [2.24, 2.45) is 5.92 Å². The summed E-state index contributed by atoms with van der Waals surface area (Å²) in [6.45, 7) is 8.64. The van der Waals surface area contributed by atoms with Crippen molar-refractivity contribution in [3.63, 3.8) is 0 Å². The number of thiocarbonyl (C=S) groups is 1. The van der Waals surface area contributed by atoms with Crippen LogP contribution in [-0.4, -0.2) is 41.3 Å². The molecule has 1 aromatic carbocycles. The minimum atomic E-state index is 0.107. The Morgan fingerprint density at radius 1 is 1.00 bits per heavy atom. The first kappa shape index (κ1) is 20.8. The third kappa shape index (κ3) is 5.19. The van der Waals surface area contributed by atoms with E-state index in [9.17, 15) is 0 Å². The minimum absolute atomic E-state index is 0.107. The van der Waals surface area contributed by atoms with E-state index < -0.39 is 0 Å². The summed E-state index contributed by atoms with van der Waals surface area (Å²) in [6.07, 6.45) is 4.86. The van der Waals surface area contributed by atoms with Gasteiger partial charge in [-0.2, -0.15) is 9.97 Å². The zero-order chi connectivity index (χ0) is 20.9. The molecule has 1 atom stereocenters. The topological polar surface area (TPSA) is 56.3 Å². The Bertz CT molecular complexity index is 844. The van der Waals surface area contributed by atoms with Crippen molar-refractivity contribution in [1.82, 2.24) is 15.3 Å². The molecule has 0 radical (unpaired) electrons. The lowest BCUT2D eigenvalue weighted by Gasteiger charge is -2.32. The molecule has 2 N–H and O–H groups in total. The molecule has 30 heavy (non-hydrogen) atoms. The van der Waals surface area contributed by atoms with Crippen molar-refractivity contribution in [1.29, 1.82) is 0 Å². The fraction of sp³-hybridized carbons (Fsp3) is 0.522. The molecule has 0 saturated carbocycles. The molecule has 2 aliphatic rings. The Kier molecular flexibility index (Phi) is 6.67. The zero-order valence-electron chi connectivity index (χ0n) is 18.0. The molecule has 1 aromatic heterocycles. The Hall–Kier alpha value is -2.41. The lowest BCUT2D eigenvalue weighted by Crippen LogP contribution is -2.35. The Balaban J connectivity index is 1.50. The smallest absolute Gasteiger partial charge is 0.232 e. The molecule has 0 spiro atoms. The summed E-state index contributed by atoms with van der Waals surface area (Å²) in [6, 6.07) is 12.6. The largest absolute Gasteiger partial charge is 0.356 e. The minimum Gasteiger partial charge on any atom is -0.356 e. The molecule has 6 nitrogen and oxygen atoms in total. The summed E-state index contributed by atoms with van der Waals surface area (Å²) in [7, 11) is 0. The highest BCUT2D eigenvalue weighted by Gasteiger charge is 2.21. The highest BCUT2D eigenvalue weighted by molar-refractivity contribution is 7.80. The van der Waals surface area contributed by atoms with Crippen LogP contribution in [0.1, 0.15) is 51.1 Å². The standard InChI is InChI=1S/C23H32N6S/c1-17-10-14-29(15-11-17)21-16-20(28-12-6-7-13-28)25-22(26-21)27-23(30)24-18(2)19-8-4-3-5-9-19/h3-5,8-9,16-18H,6-7,10-15H2,1-2H3,(H2,24,25,26,27,30)/t18-/m1/s1. The zero-order valence-corrected chi connectivity index (χ0v) is 18.8. The fourth-order valence-corrected chi connectivity index (χ4v) is 4.41. The van der Waals surface area contributed by atoms with Gasteiger partial charge in [0.05, 0.1) is 6.04 Å². The highest BCUT2D eigenvalue weighted by Crippen LogP contribution is 2.27. The molecule has 0 bridgehead atoms. The number of hydrogen-bond acceptors (Lipinski definition) is 5. The van der Waals surface area contributed by atoms with E-state index in [0.717, 1.165) is 43.7 Å². The fourth-order valence-electron chi connectivity index (χ4n) is 4.15. The van der Waals surface area contributed by atoms with Gasteiger partial charge in [-0.25, -0.2) is 0 Å². The monoisotopic (exact) mass is 424 g/mol. The van der Waals surface area contributed by atoms with Gasteiger partial charge in [-0.3, -0.25) is 0 Å². The third-order valence-corrected chi connectivity index (χ3v) is 6.33. The van der Waals surface area contributed by atoms with Crippen LogP contribution >= 0.6 is 12.2 Å². The average Bonchev–Trinajstić information content (AvgIpc) is 3.29. The van der Waals surface area contributed by atoms with Crippen molar-refractivity contribution in [2.75, 3.05) is 41.3 Å². The number of nitrogens with one attached hydrogen (secondary N) is 2. The number of hydrogen-bond donors (Lipinski definition) is 2. The second-order valence-electron chi connectivity index (χ2n) is 8.50. The van der Waals surface area contributed by atoms with Crippen molar-refractivity contribution in [2.45, 2.75) is 45.6 Å². The van der Waals surface area contributed by atoms with Gasteiger partial charge in [-0.05, 0) is 56.3 Å². The quantitative estimate of drug-likeness (QED) is 0.692. The molecule has 2 fully saturated rings. The number of aromatic nitrogens is 2. The van der Waals surface area contributed by atoms with E-state index in [1.807, 2.05) is 18.2 Å². The Morgan fingerprint density at radius 3 is 2.23 bits per heavy atom. The summed E-state index contributed by atoms with van der Waals surface area (Å²) in [4.78, 5) is 14.4. The van der Waals surface area contributed by atoms with Crippen molar-refractivity contribution in [3.8, 4) is 0 Å². The first-order valence-corrected chi connectivity index (χ1v) is 11.5. The molecule has 3 heterocycles. The van der Waals surface area contributed by atoms with Gasteiger partial charge < -0.3 is 20.4 Å². The lowest BCUT2D eigenvalue weighted by atomic mass is 9.99. The van der Waals surface area contributed by atoms with Crippen LogP contribution in [0.5, 0.6) is 0 Å². The van der Waals surface area contributed by atoms with E-state index in [0.29, 0.717) is 11.1 Å². The van der Waals surface area contributed by atoms with Gasteiger partial charge in [0.1, 0.15) is 11.6 Å². The van der Waals surface area contributed by atoms with E-state index >= 15 is 0 Å². The van der Waals surface area contributed by atoms with Crippen LogP contribution in [0.3, 0.4) is 0 Å². The summed E-state index contributed by atoms with van der Waals surface area (Å²) in [5, 5.41) is 7.14. The molecule has 0 aliphatic carbocycles. The molecule has 0 unspecified atom stereocenters. The molecular weight excluding hydrogens is 392 g/mol. The van der Waals surface area contributed by atoms with Crippen LogP contribution < -0.4 is 20.4 Å². The number of benzene rings is 1. The molecule has 2 aliphatic heterocycles. The van der Waals surface area contributed by atoms with Crippen molar-refractivity contribution >= 4 is 34.9 Å². The molecule has 4 rings (SSSR count). The Morgan fingerprint density at radius 2 is 1.60 bits per heavy atom. The number of piperidine rings is 1. The number of anilines is 3. The van der Waals surface area contributed by atoms with Crippen LogP contribution in [0.2, 0.25) is 0 Å². The normalized spacial score (nSPS) is 18.3. The second kappa shape index (κ2) is 9.60. The predicted octanol–water partition coefficient (Wildman–Crippen LogP) is 4.36. The molecule has 160 valence electrons. The van der Waals surface area contributed by atoms with Gasteiger partial charge in [-0.15, -0.1) is 0 Å². The van der Waals surface area contributed by atoms with Gasteiger partial charge in [0.2, 0.25) is 5.95 Å². The number of nitrogens with zero attached hydrogens (tertiary/aromatic N) is 4. The van der Waals surface area contributed by atoms with Gasteiger partial charge >= 0.3 is 0 Å². The summed E-state index contributed by atoms with van der Waals surface area (Å²) < 4.78 is 0. The van der Waals surface area contributed by atoms with Crippen LogP contribution in [0, 0.1) is 5.92 Å². The van der Waals surface area contributed by atoms with E-state index in [-0.39, 0.29) is 6.04 Å². The Labute approximate surface area is 185 Å². The predicted molar refractivity (Wildman–Crippen MR) is 128 cm³/mol. The van der Waals surface area contributed by atoms with E-state index in [4.69, 9.17) is 22.2 Å². The summed E-state index contributed by atoms with van der Waals surface area (Å²) in [5.74, 6) is 3.36. The second-order valence-corrected chi connectivity index (χ2v) is 8.91. The van der Waals surface area contributed by atoms with E-state index in [1.165, 1.54) is 31.2 Å². The lowest BCUT2D eigenvalue weighted by molar-refractivity contribution is 0.436. The first-order valence-electron chi connectivity index (χ1n) is 11.1. The van der Waals surface area contributed by atoms with Crippen LogP contribution in [0.25, 0.3) is 0 Å². The van der Waals surface area contributed by atoms with Crippen LogP contribution in [0.15, 0.2) is 36.4 Å². The van der Waals surface area contributed by atoms with E-state index in [1.54, 1.807) is 0 Å². The molecular formula is C23H32N6S. The molecule has 7 heteroatoms. The number of rotatable bonds is 5. The summed E-state index contributed by atoms with van der Waals surface area (Å²) >= 11 is 5.58. The van der Waals surface area contributed by atoms with Gasteiger partial charge in [-0.1, -0.05) is 37.3 Å². The maximum absolute atomic E-state index is 5.58. The van der Waals surface area contributed by atoms with Crippen molar-refractivity contribution in [3.05, 3.63) is 42.0 Å².